The van der Waals surface area contributed by atoms with Gasteiger partial charge in [-0.05, 0) is 69.2 Å². The Labute approximate surface area is 200 Å². The number of rotatable bonds is 6. The Hall–Kier alpha value is -2.94. The number of aryl methyl sites for hydroxylation is 2. The van der Waals surface area contributed by atoms with Crippen molar-refractivity contribution in [2.75, 3.05) is 17.5 Å². The first kappa shape index (κ1) is 22.8. The van der Waals surface area contributed by atoms with Gasteiger partial charge in [-0.3, -0.25) is 9.52 Å². The van der Waals surface area contributed by atoms with Crippen molar-refractivity contribution in [2.45, 2.75) is 64.3 Å². The number of carbonyl (C=O) groups is 1. The maximum atomic E-state index is 13.8. The van der Waals surface area contributed by atoms with E-state index in [1.165, 1.54) is 12.8 Å². The predicted molar refractivity (Wildman–Crippen MR) is 132 cm³/mol. The van der Waals surface area contributed by atoms with Gasteiger partial charge in [0.15, 0.2) is 5.65 Å². The normalized spacial score (nSPS) is 18.9. The average molecular weight is 482 g/mol. The second-order valence-electron chi connectivity index (χ2n) is 9.55. The first-order valence-electron chi connectivity index (χ1n) is 12.0. The molecule has 1 aromatic carbocycles. The van der Waals surface area contributed by atoms with Crippen molar-refractivity contribution >= 4 is 27.3 Å². The van der Waals surface area contributed by atoms with E-state index in [9.17, 15) is 13.2 Å². The Balaban J connectivity index is 1.52. The highest BCUT2D eigenvalue weighted by molar-refractivity contribution is 7.92. The summed E-state index contributed by atoms with van der Waals surface area (Å²) in [7, 11) is -3.52. The van der Waals surface area contributed by atoms with Crippen molar-refractivity contribution in [3.05, 3.63) is 58.5 Å². The van der Waals surface area contributed by atoms with Crippen molar-refractivity contribution in [1.82, 2.24) is 19.5 Å². The molecule has 2 aromatic heterocycles. The smallest absolute Gasteiger partial charge is 0.256 e. The van der Waals surface area contributed by atoms with Crippen molar-refractivity contribution in [2.24, 2.45) is 0 Å². The van der Waals surface area contributed by atoms with Crippen LogP contribution in [0.1, 0.15) is 84.0 Å². The van der Waals surface area contributed by atoms with Crippen LogP contribution in [-0.2, 0) is 16.4 Å². The van der Waals surface area contributed by atoms with Gasteiger partial charge in [0.1, 0.15) is 0 Å². The number of hydrogen-bond acceptors (Lipinski definition) is 5. The molecule has 0 spiro atoms. The first-order valence-corrected chi connectivity index (χ1v) is 13.9. The van der Waals surface area contributed by atoms with E-state index in [1.54, 1.807) is 12.1 Å². The SMILES string of the molecule is CCc1ccc(NS(C)(=O)=O)c(C(=O)N2CCCCC2c2cc3nc(C4CC4)cc(C)n3n2)c1. The van der Waals surface area contributed by atoms with Gasteiger partial charge in [-0.2, -0.15) is 5.10 Å². The lowest BCUT2D eigenvalue weighted by Crippen LogP contribution is -2.39. The van der Waals surface area contributed by atoms with E-state index < -0.39 is 10.0 Å². The standard InChI is InChI=1S/C25H31N5O3S/c1-4-17-8-11-20(28-34(3,32)33)19(14-17)25(31)29-12-6-5-7-23(29)22-15-24-26-21(18-9-10-18)13-16(2)30(24)27-22/h8,11,13-15,18,23,28H,4-7,9-10,12H2,1-3H3. The number of anilines is 1. The summed E-state index contributed by atoms with van der Waals surface area (Å²) in [5.41, 5.74) is 5.50. The number of amides is 1. The predicted octanol–water partition coefficient (Wildman–Crippen LogP) is 4.22. The fraction of sp³-hybridized carbons (Fsp3) is 0.480. The third-order valence-corrected chi connectivity index (χ3v) is 7.35. The molecule has 1 N–H and O–H groups in total. The lowest BCUT2D eigenvalue weighted by molar-refractivity contribution is 0.0606. The molecule has 2 fully saturated rings. The van der Waals surface area contributed by atoms with Gasteiger partial charge in [0.25, 0.3) is 5.91 Å². The minimum absolute atomic E-state index is 0.174. The molecule has 3 heterocycles. The van der Waals surface area contributed by atoms with Gasteiger partial charge in [-0.1, -0.05) is 13.0 Å². The van der Waals surface area contributed by atoms with Crippen LogP contribution in [0.4, 0.5) is 5.69 Å². The zero-order valence-corrected chi connectivity index (χ0v) is 20.7. The summed E-state index contributed by atoms with van der Waals surface area (Å²) in [4.78, 5) is 20.5. The fourth-order valence-corrected chi connectivity index (χ4v) is 5.41. The van der Waals surface area contributed by atoms with Gasteiger partial charge in [-0.15, -0.1) is 0 Å². The van der Waals surface area contributed by atoms with Crippen LogP contribution < -0.4 is 4.72 Å². The number of sulfonamides is 1. The number of carbonyl (C=O) groups excluding carboxylic acids is 1. The highest BCUT2D eigenvalue weighted by Crippen LogP contribution is 2.40. The Morgan fingerprint density at radius 1 is 1.12 bits per heavy atom. The highest BCUT2D eigenvalue weighted by atomic mass is 32.2. The quantitative estimate of drug-likeness (QED) is 0.569. The zero-order valence-electron chi connectivity index (χ0n) is 19.9. The zero-order chi connectivity index (χ0) is 24.0. The molecule has 1 aliphatic carbocycles. The monoisotopic (exact) mass is 481 g/mol. The van der Waals surface area contributed by atoms with Crippen LogP contribution in [0.3, 0.4) is 0 Å². The van der Waals surface area contributed by atoms with E-state index in [0.29, 0.717) is 23.7 Å². The number of nitrogens with zero attached hydrogens (tertiary/aromatic N) is 4. The summed E-state index contributed by atoms with van der Waals surface area (Å²) in [5, 5.41) is 4.85. The minimum Gasteiger partial charge on any atom is -0.330 e. The molecule has 1 saturated carbocycles. The number of piperidine rings is 1. The van der Waals surface area contributed by atoms with Gasteiger partial charge in [-0.25, -0.2) is 17.9 Å². The molecule has 0 radical (unpaired) electrons. The van der Waals surface area contributed by atoms with E-state index in [-0.39, 0.29) is 11.9 Å². The average Bonchev–Trinajstić information content (AvgIpc) is 3.57. The summed E-state index contributed by atoms with van der Waals surface area (Å²) in [6.07, 6.45) is 6.95. The molecular weight excluding hydrogens is 450 g/mol. The number of likely N-dealkylation sites (tertiary alicyclic amines) is 1. The second-order valence-corrected chi connectivity index (χ2v) is 11.3. The molecule has 2 aliphatic rings. The number of hydrogen-bond donors (Lipinski definition) is 1. The van der Waals surface area contributed by atoms with Gasteiger partial charge < -0.3 is 4.90 Å². The van der Waals surface area contributed by atoms with Crippen LogP contribution in [0, 0.1) is 6.92 Å². The Morgan fingerprint density at radius 3 is 2.62 bits per heavy atom. The number of nitrogens with one attached hydrogen (secondary N) is 1. The molecule has 1 saturated heterocycles. The highest BCUT2D eigenvalue weighted by Gasteiger charge is 2.33. The molecule has 1 amide bonds. The van der Waals surface area contributed by atoms with Crippen LogP contribution in [0.2, 0.25) is 0 Å². The van der Waals surface area contributed by atoms with E-state index in [2.05, 4.69) is 10.8 Å². The topological polar surface area (TPSA) is 96.7 Å². The number of fused-ring (bicyclic) bond motifs is 1. The lowest BCUT2D eigenvalue weighted by Gasteiger charge is -2.35. The van der Waals surface area contributed by atoms with E-state index in [1.807, 2.05) is 35.4 Å². The molecule has 180 valence electrons. The second kappa shape index (κ2) is 8.69. The van der Waals surface area contributed by atoms with Gasteiger partial charge in [0.05, 0.1) is 29.2 Å². The van der Waals surface area contributed by atoms with E-state index in [0.717, 1.165) is 60.2 Å². The maximum Gasteiger partial charge on any atom is 0.256 e. The molecule has 0 bridgehead atoms. The van der Waals surface area contributed by atoms with Crippen LogP contribution in [0.25, 0.3) is 5.65 Å². The van der Waals surface area contributed by atoms with Crippen molar-refractivity contribution in [1.29, 1.82) is 0 Å². The Kier molecular flexibility index (Phi) is 5.83. The first-order chi connectivity index (χ1) is 16.2. The van der Waals surface area contributed by atoms with Crippen LogP contribution in [0.5, 0.6) is 0 Å². The van der Waals surface area contributed by atoms with Crippen molar-refractivity contribution in [3.63, 3.8) is 0 Å². The summed E-state index contributed by atoms with van der Waals surface area (Å²) in [6, 6.07) is 9.29. The summed E-state index contributed by atoms with van der Waals surface area (Å²) < 4.78 is 28.3. The molecule has 3 aromatic rings. The number of benzene rings is 1. The molecule has 1 unspecified atom stereocenters. The molecule has 34 heavy (non-hydrogen) atoms. The third-order valence-electron chi connectivity index (χ3n) is 6.76. The summed E-state index contributed by atoms with van der Waals surface area (Å²) in [5.74, 6) is 0.382. The largest absolute Gasteiger partial charge is 0.330 e. The van der Waals surface area contributed by atoms with Crippen LogP contribution in [-0.4, -0.2) is 46.6 Å². The molecule has 1 aliphatic heterocycles. The van der Waals surface area contributed by atoms with E-state index >= 15 is 0 Å². The molecule has 8 nitrogen and oxygen atoms in total. The molecule has 5 rings (SSSR count). The third kappa shape index (κ3) is 4.53. The maximum absolute atomic E-state index is 13.8. The fourth-order valence-electron chi connectivity index (χ4n) is 4.83. The molecular formula is C25H31N5O3S. The molecule has 9 heteroatoms. The summed E-state index contributed by atoms with van der Waals surface area (Å²) in [6.45, 7) is 4.66. The van der Waals surface area contributed by atoms with Gasteiger partial charge in [0, 0.05) is 29.9 Å². The lowest BCUT2D eigenvalue weighted by atomic mass is 9.97. The molecule has 1 atom stereocenters. The van der Waals surface area contributed by atoms with Crippen LogP contribution >= 0.6 is 0 Å². The van der Waals surface area contributed by atoms with Gasteiger partial charge in [0.2, 0.25) is 10.0 Å². The Morgan fingerprint density at radius 2 is 1.91 bits per heavy atom. The van der Waals surface area contributed by atoms with E-state index in [4.69, 9.17) is 10.1 Å². The van der Waals surface area contributed by atoms with Crippen LogP contribution in [0.15, 0.2) is 30.3 Å². The number of aromatic nitrogens is 3. The van der Waals surface area contributed by atoms with Gasteiger partial charge >= 0.3 is 0 Å². The minimum atomic E-state index is -3.52. The summed E-state index contributed by atoms with van der Waals surface area (Å²) >= 11 is 0. The Bertz CT molecular complexity index is 1360. The van der Waals surface area contributed by atoms with Crippen molar-refractivity contribution < 1.29 is 13.2 Å². The van der Waals surface area contributed by atoms with Crippen molar-refractivity contribution in [3.8, 4) is 0 Å².